The van der Waals surface area contributed by atoms with Crippen molar-refractivity contribution >= 4 is 18.6 Å². The van der Waals surface area contributed by atoms with Crippen LogP contribution in [-0.2, 0) is 14.0 Å². The van der Waals surface area contributed by atoms with Crippen molar-refractivity contribution in [2.24, 2.45) is 0 Å². The van der Waals surface area contributed by atoms with Gasteiger partial charge < -0.3 is 18.8 Å². The lowest BCUT2D eigenvalue weighted by molar-refractivity contribution is 0.00578. The van der Waals surface area contributed by atoms with E-state index >= 15 is 0 Å². The minimum atomic E-state index is -0.395. The van der Waals surface area contributed by atoms with Gasteiger partial charge >= 0.3 is 13.1 Å². The van der Waals surface area contributed by atoms with Crippen molar-refractivity contribution in [1.82, 2.24) is 0 Å². The maximum absolute atomic E-state index is 11.5. The summed E-state index contributed by atoms with van der Waals surface area (Å²) in [5, 5.41) is 0. The predicted molar refractivity (Wildman–Crippen MR) is 100 cm³/mol. The Morgan fingerprint density at radius 2 is 1.31 bits per heavy atom. The lowest BCUT2D eigenvalue weighted by atomic mass is 9.79. The highest BCUT2D eigenvalue weighted by atomic mass is 16.7. The van der Waals surface area contributed by atoms with Crippen LogP contribution in [0.2, 0.25) is 0 Å². The van der Waals surface area contributed by atoms with Gasteiger partial charge in [-0.2, -0.15) is 0 Å². The van der Waals surface area contributed by atoms with E-state index in [0.717, 1.165) is 5.46 Å². The summed E-state index contributed by atoms with van der Waals surface area (Å²) in [7, 11) is 0.960. The Morgan fingerprint density at radius 1 is 0.846 bits per heavy atom. The Morgan fingerprint density at radius 3 is 1.77 bits per heavy atom. The Kier molecular flexibility index (Phi) is 4.82. The van der Waals surface area contributed by atoms with E-state index in [1.807, 2.05) is 52.0 Å². The van der Waals surface area contributed by atoms with E-state index in [0.29, 0.717) is 17.1 Å². The highest BCUT2D eigenvalue weighted by Gasteiger charge is 2.51. The van der Waals surface area contributed by atoms with Gasteiger partial charge in [-0.05, 0) is 69.6 Å². The van der Waals surface area contributed by atoms with Gasteiger partial charge in [0.05, 0.1) is 23.9 Å². The number of carbonyl (C=O) groups excluding carboxylic acids is 1. The summed E-state index contributed by atoms with van der Waals surface area (Å²) in [6.07, 6.45) is 0. The molecule has 5 nitrogen and oxygen atoms in total. The molecule has 0 amide bonds. The molecule has 2 aromatic rings. The zero-order valence-corrected chi connectivity index (χ0v) is 15.7. The zero-order valence-electron chi connectivity index (χ0n) is 15.7. The van der Waals surface area contributed by atoms with E-state index in [9.17, 15) is 4.79 Å². The molecule has 0 spiro atoms. The maximum atomic E-state index is 11.5. The van der Waals surface area contributed by atoms with Crippen molar-refractivity contribution in [2.75, 3.05) is 7.11 Å². The van der Waals surface area contributed by atoms with Gasteiger partial charge in [0.25, 0.3) is 0 Å². The van der Waals surface area contributed by atoms with Crippen molar-refractivity contribution in [1.29, 1.82) is 0 Å². The summed E-state index contributed by atoms with van der Waals surface area (Å²) in [6, 6.07) is 14.4. The molecule has 0 radical (unpaired) electrons. The van der Waals surface area contributed by atoms with Gasteiger partial charge in [0, 0.05) is 0 Å². The number of methoxy groups -OCH3 is 1. The molecule has 1 aliphatic rings. The smallest absolute Gasteiger partial charge is 0.465 e. The van der Waals surface area contributed by atoms with Gasteiger partial charge in [0.1, 0.15) is 11.5 Å². The van der Waals surface area contributed by atoms with Gasteiger partial charge in [0.2, 0.25) is 0 Å². The number of hydrogen-bond acceptors (Lipinski definition) is 5. The van der Waals surface area contributed by atoms with Crippen molar-refractivity contribution in [2.45, 2.75) is 38.9 Å². The molecule has 0 aromatic heterocycles. The minimum absolute atomic E-state index is 0.367. The molecule has 1 aliphatic heterocycles. The second kappa shape index (κ2) is 6.78. The maximum Gasteiger partial charge on any atom is 0.494 e. The predicted octanol–water partition coefficient (Wildman–Crippen LogP) is 3.56. The van der Waals surface area contributed by atoms with Crippen molar-refractivity contribution < 1.29 is 23.6 Å². The molecule has 2 aromatic carbocycles. The van der Waals surface area contributed by atoms with E-state index in [1.54, 1.807) is 24.3 Å². The first-order valence-corrected chi connectivity index (χ1v) is 8.54. The normalized spacial score (nSPS) is 17.8. The Bertz CT molecular complexity index is 765. The van der Waals surface area contributed by atoms with Crippen molar-refractivity contribution in [3.63, 3.8) is 0 Å². The molecule has 3 rings (SSSR count). The molecule has 6 heteroatoms. The molecule has 1 heterocycles. The average molecular weight is 354 g/mol. The third-order valence-electron chi connectivity index (χ3n) is 4.92. The molecule has 0 unspecified atom stereocenters. The monoisotopic (exact) mass is 354 g/mol. The summed E-state index contributed by atoms with van der Waals surface area (Å²) in [4.78, 5) is 11.5. The van der Waals surface area contributed by atoms with E-state index in [1.165, 1.54) is 7.11 Å². The summed E-state index contributed by atoms with van der Waals surface area (Å²) < 4.78 is 22.6. The van der Waals surface area contributed by atoms with Crippen LogP contribution in [0.1, 0.15) is 38.1 Å². The van der Waals surface area contributed by atoms with Crippen LogP contribution in [0.5, 0.6) is 11.5 Å². The van der Waals surface area contributed by atoms with Crippen LogP contribution in [0, 0.1) is 0 Å². The topological polar surface area (TPSA) is 54.0 Å². The number of rotatable bonds is 4. The molecule has 0 atom stereocenters. The SMILES string of the molecule is COC(=O)c1ccc(Oc2ccc(B3OC(C)(C)C(C)(C)O3)cc2)cc1. The molecular formula is C20H23BO5. The van der Waals surface area contributed by atoms with Crippen LogP contribution in [0.3, 0.4) is 0 Å². The molecule has 0 aliphatic carbocycles. The first kappa shape index (κ1) is 18.5. The third kappa shape index (κ3) is 3.62. The first-order chi connectivity index (χ1) is 12.2. The fourth-order valence-electron chi connectivity index (χ4n) is 2.59. The summed E-state index contributed by atoms with van der Waals surface area (Å²) >= 11 is 0. The number of hydrogen-bond donors (Lipinski definition) is 0. The zero-order chi connectivity index (χ0) is 18.9. The Labute approximate surface area is 154 Å². The van der Waals surface area contributed by atoms with E-state index in [2.05, 4.69) is 4.74 Å². The van der Waals surface area contributed by atoms with E-state index in [4.69, 9.17) is 14.0 Å². The lowest BCUT2D eigenvalue weighted by Crippen LogP contribution is -2.41. The van der Waals surface area contributed by atoms with Gasteiger partial charge in [-0.25, -0.2) is 4.79 Å². The fraction of sp³-hybridized carbons (Fsp3) is 0.350. The molecule has 0 N–H and O–H groups in total. The molecule has 1 fully saturated rings. The Hall–Kier alpha value is -2.31. The standard InChI is InChI=1S/C20H23BO5/c1-19(2)20(3,4)26-21(25-19)15-8-12-17(13-9-15)24-16-10-6-14(7-11-16)18(22)23-5/h6-13H,1-5H3. The van der Waals surface area contributed by atoms with E-state index in [-0.39, 0.29) is 17.2 Å². The van der Waals surface area contributed by atoms with Gasteiger partial charge in [-0.15, -0.1) is 0 Å². The molecule has 136 valence electrons. The van der Waals surface area contributed by atoms with Crippen molar-refractivity contribution in [3.8, 4) is 11.5 Å². The second-order valence-corrected chi connectivity index (χ2v) is 7.28. The third-order valence-corrected chi connectivity index (χ3v) is 4.92. The number of ether oxygens (including phenoxy) is 2. The number of carbonyl (C=O) groups is 1. The Balaban J connectivity index is 1.68. The molecule has 0 saturated carbocycles. The second-order valence-electron chi connectivity index (χ2n) is 7.28. The number of esters is 1. The number of benzene rings is 2. The van der Waals surface area contributed by atoms with Gasteiger partial charge in [0.15, 0.2) is 0 Å². The van der Waals surface area contributed by atoms with Crippen molar-refractivity contribution in [3.05, 3.63) is 54.1 Å². The first-order valence-electron chi connectivity index (χ1n) is 8.54. The average Bonchev–Trinajstić information content (AvgIpc) is 2.83. The van der Waals surface area contributed by atoms with Crippen LogP contribution >= 0.6 is 0 Å². The van der Waals surface area contributed by atoms with Gasteiger partial charge in [-0.1, -0.05) is 12.1 Å². The summed E-state index contributed by atoms with van der Waals surface area (Å²) in [6.45, 7) is 8.12. The largest absolute Gasteiger partial charge is 0.494 e. The summed E-state index contributed by atoms with van der Waals surface area (Å²) in [5.41, 5.74) is 0.690. The van der Waals surface area contributed by atoms with Crippen LogP contribution in [-0.4, -0.2) is 31.4 Å². The lowest BCUT2D eigenvalue weighted by Gasteiger charge is -2.32. The molecule has 26 heavy (non-hydrogen) atoms. The van der Waals surface area contributed by atoms with Crippen LogP contribution in [0.25, 0.3) is 0 Å². The van der Waals surface area contributed by atoms with E-state index < -0.39 is 7.12 Å². The quantitative estimate of drug-likeness (QED) is 0.621. The summed E-state index contributed by atoms with van der Waals surface area (Å²) in [5.74, 6) is 0.959. The fourth-order valence-corrected chi connectivity index (χ4v) is 2.59. The van der Waals surface area contributed by atoms with Crippen LogP contribution in [0.4, 0.5) is 0 Å². The highest BCUT2D eigenvalue weighted by molar-refractivity contribution is 6.62. The highest BCUT2D eigenvalue weighted by Crippen LogP contribution is 2.36. The van der Waals surface area contributed by atoms with Crippen LogP contribution in [0.15, 0.2) is 48.5 Å². The minimum Gasteiger partial charge on any atom is -0.465 e. The molecule has 0 bridgehead atoms. The molecular weight excluding hydrogens is 331 g/mol. The van der Waals surface area contributed by atoms with Gasteiger partial charge in [-0.3, -0.25) is 0 Å². The molecule has 1 saturated heterocycles. The van der Waals surface area contributed by atoms with Crippen LogP contribution < -0.4 is 10.2 Å².